The van der Waals surface area contributed by atoms with Crippen LogP contribution < -0.4 is 5.32 Å². The highest BCUT2D eigenvalue weighted by Gasteiger charge is 2.20. The molecule has 0 saturated heterocycles. The smallest absolute Gasteiger partial charge is 0.0683 e. The van der Waals surface area contributed by atoms with E-state index in [9.17, 15) is 0 Å². The van der Waals surface area contributed by atoms with E-state index in [-0.39, 0.29) is 5.41 Å². The van der Waals surface area contributed by atoms with E-state index in [1.807, 2.05) is 13.8 Å². The molecule has 0 spiro atoms. The van der Waals surface area contributed by atoms with Crippen LogP contribution in [0.25, 0.3) is 0 Å². The zero-order chi connectivity index (χ0) is 12.1. The van der Waals surface area contributed by atoms with E-state index < -0.39 is 0 Å². The largest absolute Gasteiger partial charge is 0.314 e. The van der Waals surface area contributed by atoms with Crippen molar-refractivity contribution in [3.63, 3.8) is 0 Å². The van der Waals surface area contributed by atoms with E-state index in [0.717, 1.165) is 19.4 Å². The van der Waals surface area contributed by atoms with Gasteiger partial charge in [0, 0.05) is 6.04 Å². The van der Waals surface area contributed by atoms with Gasteiger partial charge in [0.25, 0.3) is 0 Å². The highest BCUT2D eigenvalue weighted by Crippen LogP contribution is 2.21. The summed E-state index contributed by atoms with van der Waals surface area (Å²) in [5.74, 6) is 0. The molecule has 0 radical (unpaired) electrons. The summed E-state index contributed by atoms with van der Waals surface area (Å²) < 4.78 is 0. The van der Waals surface area contributed by atoms with Crippen LogP contribution in [0.5, 0.6) is 0 Å². The minimum atomic E-state index is -0.174. The molecule has 2 heteroatoms. The van der Waals surface area contributed by atoms with Crippen molar-refractivity contribution in [2.24, 2.45) is 10.8 Å². The molecule has 0 saturated carbocycles. The van der Waals surface area contributed by atoms with Gasteiger partial charge in [-0.1, -0.05) is 20.8 Å². The Kier molecular flexibility index (Phi) is 5.31. The van der Waals surface area contributed by atoms with Crippen LogP contribution >= 0.6 is 0 Å². The zero-order valence-electron chi connectivity index (χ0n) is 11.1. The molecule has 1 atom stereocenters. The van der Waals surface area contributed by atoms with Gasteiger partial charge in [0.05, 0.1) is 11.5 Å². The van der Waals surface area contributed by atoms with Gasteiger partial charge in [-0.3, -0.25) is 0 Å². The van der Waals surface area contributed by atoms with Gasteiger partial charge in [0.15, 0.2) is 0 Å². The maximum Gasteiger partial charge on any atom is 0.0683 e. The first-order valence-electron chi connectivity index (χ1n) is 5.84. The molecular weight excluding hydrogens is 184 g/mol. The van der Waals surface area contributed by atoms with Gasteiger partial charge in [-0.25, -0.2) is 0 Å². The standard InChI is InChI=1S/C13H26N2/c1-11(12(2,3)4)15-9-7-8-13(5,6)10-14/h11,15H,7-9H2,1-6H3. The molecule has 0 amide bonds. The maximum absolute atomic E-state index is 8.86. The predicted octanol–water partition coefficient (Wildman–Crippen LogP) is 3.34. The number of nitriles is 1. The van der Waals surface area contributed by atoms with Crippen LogP contribution in [0, 0.1) is 22.2 Å². The lowest BCUT2D eigenvalue weighted by Gasteiger charge is -2.28. The molecule has 1 unspecified atom stereocenters. The second kappa shape index (κ2) is 5.51. The molecule has 1 N–H and O–H groups in total. The predicted molar refractivity (Wildman–Crippen MR) is 65.5 cm³/mol. The summed E-state index contributed by atoms with van der Waals surface area (Å²) in [6.45, 7) is 13.9. The van der Waals surface area contributed by atoms with Crippen molar-refractivity contribution in [3.05, 3.63) is 0 Å². The van der Waals surface area contributed by atoms with Gasteiger partial charge in [0.1, 0.15) is 0 Å². The Labute approximate surface area is 95.1 Å². The van der Waals surface area contributed by atoms with E-state index >= 15 is 0 Å². The van der Waals surface area contributed by atoms with Gasteiger partial charge in [-0.05, 0) is 45.6 Å². The lowest BCUT2D eigenvalue weighted by Crippen LogP contribution is -2.38. The van der Waals surface area contributed by atoms with Gasteiger partial charge in [0.2, 0.25) is 0 Å². The minimum Gasteiger partial charge on any atom is -0.314 e. The summed E-state index contributed by atoms with van der Waals surface area (Å²) in [6, 6.07) is 2.85. The topological polar surface area (TPSA) is 35.8 Å². The third-order valence-corrected chi connectivity index (χ3v) is 3.03. The normalized spacial score (nSPS) is 14.7. The van der Waals surface area contributed by atoms with Crippen molar-refractivity contribution in [1.82, 2.24) is 5.32 Å². The Bertz CT molecular complexity index is 218. The van der Waals surface area contributed by atoms with E-state index in [4.69, 9.17) is 5.26 Å². The van der Waals surface area contributed by atoms with E-state index in [1.165, 1.54) is 0 Å². The third-order valence-electron chi connectivity index (χ3n) is 3.03. The Balaban J connectivity index is 3.70. The highest BCUT2D eigenvalue weighted by atomic mass is 14.9. The molecule has 0 fully saturated rings. The van der Waals surface area contributed by atoms with Crippen LogP contribution in [0.1, 0.15) is 54.4 Å². The monoisotopic (exact) mass is 210 g/mol. The second-order valence-corrected chi connectivity index (χ2v) is 6.14. The molecule has 0 heterocycles. The average molecular weight is 210 g/mol. The molecular formula is C13H26N2. The van der Waals surface area contributed by atoms with Crippen molar-refractivity contribution in [1.29, 1.82) is 5.26 Å². The summed E-state index contributed by atoms with van der Waals surface area (Å²) >= 11 is 0. The third kappa shape index (κ3) is 6.52. The zero-order valence-corrected chi connectivity index (χ0v) is 11.1. The fourth-order valence-electron chi connectivity index (χ4n) is 1.21. The molecule has 0 aromatic heterocycles. The molecule has 0 aromatic carbocycles. The van der Waals surface area contributed by atoms with Crippen LogP contribution in [0.3, 0.4) is 0 Å². The van der Waals surface area contributed by atoms with Crippen LogP contribution in [-0.2, 0) is 0 Å². The molecule has 15 heavy (non-hydrogen) atoms. The SMILES string of the molecule is CC(NCCCC(C)(C)C#N)C(C)(C)C. The molecule has 2 nitrogen and oxygen atoms in total. The van der Waals surface area contributed by atoms with E-state index in [0.29, 0.717) is 11.5 Å². The van der Waals surface area contributed by atoms with Crippen molar-refractivity contribution < 1.29 is 0 Å². The quantitative estimate of drug-likeness (QED) is 0.706. The Morgan fingerprint density at radius 3 is 2.13 bits per heavy atom. The van der Waals surface area contributed by atoms with Crippen molar-refractivity contribution >= 4 is 0 Å². The first-order valence-corrected chi connectivity index (χ1v) is 5.84. The Morgan fingerprint density at radius 2 is 1.73 bits per heavy atom. The number of rotatable bonds is 5. The first kappa shape index (κ1) is 14.5. The Hall–Kier alpha value is -0.550. The maximum atomic E-state index is 8.86. The van der Waals surface area contributed by atoms with Gasteiger partial charge >= 0.3 is 0 Å². The molecule has 0 bridgehead atoms. The second-order valence-electron chi connectivity index (χ2n) is 6.14. The lowest BCUT2D eigenvalue weighted by atomic mass is 9.87. The molecule has 0 aromatic rings. The summed E-state index contributed by atoms with van der Waals surface area (Å²) in [6.07, 6.45) is 2.04. The lowest BCUT2D eigenvalue weighted by molar-refractivity contribution is 0.281. The minimum absolute atomic E-state index is 0.174. The van der Waals surface area contributed by atoms with Crippen molar-refractivity contribution in [2.45, 2.75) is 60.4 Å². The summed E-state index contributed by atoms with van der Waals surface area (Å²) in [5.41, 5.74) is 0.136. The number of hydrogen-bond donors (Lipinski definition) is 1. The molecule has 0 aliphatic heterocycles. The van der Waals surface area contributed by atoms with Gasteiger partial charge in [-0.15, -0.1) is 0 Å². The van der Waals surface area contributed by atoms with Crippen molar-refractivity contribution in [2.75, 3.05) is 6.54 Å². The van der Waals surface area contributed by atoms with Crippen LogP contribution in [0.4, 0.5) is 0 Å². The molecule has 0 aliphatic carbocycles. The van der Waals surface area contributed by atoms with E-state index in [1.54, 1.807) is 0 Å². The molecule has 0 aliphatic rings. The van der Waals surface area contributed by atoms with Crippen LogP contribution in [0.15, 0.2) is 0 Å². The van der Waals surface area contributed by atoms with Gasteiger partial charge < -0.3 is 5.32 Å². The summed E-state index contributed by atoms with van der Waals surface area (Å²) in [4.78, 5) is 0. The number of hydrogen-bond acceptors (Lipinski definition) is 2. The summed E-state index contributed by atoms with van der Waals surface area (Å²) in [5, 5.41) is 12.4. The Morgan fingerprint density at radius 1 is 1.20 bits per heavy atom. The summed E-state index contributed by atoms with van der Waals surface area (Å²) in [7, 11) is 0. The number of nitrogens with zero attached hydrogens (tertiary/aromatic N) is 1. The number of nitrogens with one attached hydrogen (secondary N) is 1. The molecule has 0 rings (SSSR count). The van der Waals surface area contributed by atoms with Crippen molar-refractivity contribution in [3.8, 4) is 6.07 Å². The first-order chi connectivity index (χ1) is 6.69. The fraction of sp³-hybridized carbons (Fsp3) is 0.923. The average Bonchev–Trinajstić information content (AvgIpc) is 2.10. The fourth-order valence-corrected chi connectivity index (χ4v) is 1.21. The van der Waals surface area contributed by atoms with E-state index in [2.05, 4.69) is 39.1 Å². The highest BCUT2D eigenvalue weighted by molar-refractivity contribution is 4.91. The van der Waals surface area contributed by atoms with Crippen LogP contribution in [-0.4, -0.2) is 12.6 Å². The molecule has 88 valence electrons. The van der Waals surface area contributed by atoms with Crippen LogP contribution in [0.2, 0.25) is 0 Å². The van der Waals surface area contributed by atoms with Gasteiger partial charge in [-0.2, -0.15) is 5.26 Å².